The summed E-state index contributed by atoms with van der Waals surface area (Å²) in [5.41, 5.74) is 0.810. The van der Waals surface area contributed by atoms with Gasteiger partial charge in [-0.1, -0.05) is 56.5 Å². The lowest BCUT2D eigenvalue weighted by atomic mass is 9.75. The Labute approximate surface area is 150 Å². The van der Waals surface area contributed by atoms with Crippen molar-refractivity contribution in [2.24, 2.45) is 11.3 Å². The molecule has 2 fully saturated rings. The molecule has 0 aliphatic heterocycles. The smallest absolute Gasteiger partial charge is 0.306 e. The number of hydrogen-bond donors (Lipinski definition) is 2. The van der Waals surface area contributed by atoms with Crippen molar-refractivity contribution in [3.05, 3.63) is 35.9 Å². The Morgan fingerprint density at radius 2 is 1.92 bits per heavy atom. The number of amides is 1. The second-order valence-corrected chi connectivity index (χ2v) is 7.85. The van der Waals surface area contributed by atoms with E-state index < -0.39 is 17.3 Å². The minimum Gasteiger partial charge on any atom is -0.481 e. The summed E-state index contributed by atoms with van der Waals surface area (Å²) < 4.78 is 0. The van der Waals surface area contributed by atoms with E-state index in [0.717, 1.165) is 38.5 Å². The predicted octanol–water partition coefficient (Wildman–Crippen LogP) is 4.11. The van der Waals surface area contributed by atoms with E-state index in [1.165, 1.54) is 5.56 Å². The van der Waals surface area contributed by atoms with Crippen molar-refractivity contribution < 1.29 is 14.7 Å². The molecule has 136 valence electrons. The Kier molecular flexibility index (Phi) is 5.45. The van der Waals surface area contributed by atoms with E-state index in [1.807, 2.05) is 25.1 Å². The average molecular weight is 343 g/mol. The molecule has 2 aliphatic carbocycles. The van der Waals surface area contributed by atoms with Gasteiger partial charge in [0.25, 0.3) is 0 Å². The monoisotopic (exact) mass is 343 g/mol. The zero-order valence-corrected chi connectivity index (χ0v) is 15.0. The highest BCUT2D eigenvalue weighted by Crippen LogP contribution is 2.46. The third-order valence-electron chi connectivity index (χ3n) is 6.00. The topological polar surface area (TPSA) is 66.4 Å². The van der Waals surface area contributed by atoms with Crippen LogP contribution in [0.5, 0.6) is 0 Å². The fraction of sp³-hybridized carbons (Fsp3) is 0.619. The van der Waals surface area contributed by atoms with Crippen LogP contribution in [0.25, 0.3) is 0 Å². The third-order valence-corrected chi connectivity index (χ3v) is 6.00. The van der Waals surface area contributed by atoms with Crippen LogP contribution in [0.4, 0.5) is 0 Å². The number of benzene rings is 1. The summed E-state index contributed by atoms with van der Waals surface area (Å²) in [7, 11) is 0. The fourth-order valence-corrected chi connectivity index (χ4v) is 4.45. The van der Waals surface area contributed by atoms with E-state index >= 15 is 0 Å². The van der Waals surface area contributed by atoms with Gasteiger partial charge in [-0.2, -0.15) is 0 Å². The maximum absolute atomic E-state index is 13.1. The van der Waals surface area contributed by atoms with Crippen LogP contribution in [0, 0.1) is 11.3 Å². The van der Waals surface area contributed by atoms with E-state index in [9.17, 15) is 14.7 Å². The maximum Gasteiger partial charge on any atom is 0.306 e. The summed E-state index contributed by atoms with van der Waals surface area (Å²) in [6.07, 6.45) is 6.68. The number of carbonyl (C=O) groups is 2. The molecule has 0 radical (unpaired) electrons. The summed E-state index contributed by atoms with van der Waals surface area (Å²) in [6, 6.07) is 10.5. The molecule has 0 saturated heterocycles. The molecule has 0 spiro atoms. The van der Waals surface area contributed by atoms with Gasteiger partial charge in [0.2, 0.25) is 5.91 Å². The lowest BCUT2D eigenvalue weighted by Gasteiger charge is -2.30. The first-order valence-electron chi connectivity index (χ1n) is 9.64. The summed E-state index contributed by atoms with van der Waals surface area (Å²) >= 11 is 0. The third kappa shape index (κ3) is 4.05. The molecule has 2 saturated carbocycles. The molecule has 0 bridgehead atoms. The van der Waals surface area contributed by atoms with Crippen molar-refractivity contribution >= 4 is 11.9 Å². The van der Waals surface area contributed by atoms with Crippen molar-refractivity contribution in [2.75, 3.05) is 0 Å². The largest absolute Gasteiger partial charge is 0.481 e. The Hall–Kier alpha value is -1.84. The fourth-order valence-electron chi connectivity index (χ4n) is 4.45. The van der Waals surface area contributed by atoms with Crippen molar-refractivity contribution in [3.8, 4) is 0 Å². The van der Waals surface area contributed by atoms with Crippen LogP contribution < -0.4 is 5.32 Å². The number of carboxylic acids is 1. The van der Waals surface area contributed by atoms with Gasteiger partial charge in [0.1, 0.15) is 0 Å². The maximum atomic E-state index is 13.1. The molecule has 2 aliphatic rings. The van der Waals surface area contributed by atoms with Crippen molar-refractivity contribution in [2.45, 2.75) is 70.3 Å². The number of hydrogen-bond acceptors (Lipinski definition) is 2. The molecule has 0 aromatic heterocycles. The first-order valence-corrected chi connectivity index (χ1v) is 9.64. The zero-order valence-electron chi connectivity index (χ0n) is 15.0. The minimum absolute atomic E-state index is 0.0933. The molecule has 25 heavy (non-hydrogen) atoms. The zero-order chi connectivity index (χ0) is 17.9. The molecule has 1 aromatic rings. The molecule has 4 heteroatoms. The molecule has 3 atom stereocenters. The molecule has 1 amide bonds. The van der Waals surface area contributed by atoms with Crippen LogP contribution in [-0.4, -0.2) is 23.0 Å². The molecule has 3 rings (SSSR count). The molecule has 1 aromatic carbocycles. The van der Waals surface area contributed by atoms with Gasteiger partial charge in [0, 0.05) is 12.0 Å². The van der Waals surface area contributed by atoms with Crippen LogP contribution in [0.15, 0.2) is 30.3 Å². The second kappa shape index (κ2) is 7.59. The van der Waals surface area contributed by atoms with Gasteiger partial charge in [-0.05, 0) is 37.7 Å². The van der Waals surface area contributed by atoms with Gasteiger partial charge in [-0.25, -0.2) is 0 Å². The molecular formula is C21H29NO3. The highest BCUT2D eigenvalue weighted by atomic mass is 16.4. The Balaban J connectivity index is 1.64. The van der Waals surface area contributed by atoms with Gasteiger partial charge < -0.3 is 10.4 Å². The molecule has 4 nitrogen and oxygen atoms in total. The van der Waals surface area contributed by atoms with Crippen LogP contribution in [-0.2, 0) is 9.59 Å². The van der Waals surface area contributed by atoms with E-state index in [1.54, 1.807) is 0 Å². The highest BCUT2D eigenvalue weighted by molar-refractivity contribution is 5.84. The number of aliphatic carboxylic acids is 1. The summed E-state index contributed by atoms with van der Waals surface area (Å²) in [4.78, 5) is 24.6. The second-order valence-electron chi connectivity index (χ2n) is 7.85. The number of carbonyl (C=O) groups excluding carboxylic acids is 1. The summed E-state index contributed by atoms with van der Waals surface area (Å²) in [6.45, 7) is 2.01. The van der Waals surface area contributed by atoms with Gasteiger partial charge in [0.05, 0.1) is 11.3 Å². The van der Waals surface area contributed by atoms with Crippen molar-refractivity contribution in [1.29, 1.82) is 0 Å². The average Bonchev–Trinajstić information content (AvgIpc) is 3.20. The molecule has 2 N–H and O–H groups in total. The standard InChI is InChI=1S/C21H29NO3/c1-2-8-16(19(23)24)14-21(11-6-7-12-21)20(25)22-18-13-17(18)15-9-4-3-5-10-15/h3-5,9-10,16-18H,2,6-8,11-14H2,1H3,(H,22,25)(H,23,24)/t16?,17-,18+/m1/s1. The molecule has 0 heterocycles. The van der Waals surface area contributed by atoms with Crippen LogP contribution in [0.1, 0.15) is 69.8 Å². The van der Waals surface area contributed by atoms with Crippen LogP contribution in [0.3, 0.4) is 0 Å². The Bertz CT molecular complexity index is 607. The normalized spacial score (nSPS) is 25.3. The van der Waals surface area contributed by atoms with E-state index in [-0.39, 0.29) is 11.9 Å². The lowest BCUT2D eigenvalue weighted by molar-refractivity contribution is -0.144. The quantitative estimate of drug-likeness (QED) is 0.746. The van der Waals surface area contributed by atoms with Gasteiger partial charge in [-0.3, -0.25) is 9.59 Å². The highest BCUT2D eigenvalue weighted by Gasteiger charge is 2.47. The van der Waals surface area contributed by atoms with Crippen molar-refractivity contribution in [1.82, 2.24) is 5.32 Å². The lowest BCUT2D eigenvalue weighted by Crippen LogP contribution is -2.42. The Morgan fingerprint density at radius 3 is 2.52 bits per heavy atom. The van der Waals surface area contributed by atoms with E-state index in [4.69, 9.17) is 0 Å². The Morgan fingerprint density at radius 1 is 1.24 bits per heavy atom. The van der Waals surface area contributed by atoms with Crippen molar-refractivity contribution in [3.63, 3.8) is 0 Å². The minimum atomic E-state index is -0.755. The first-order chi connectivity index (χ1) is 12.1. The van der Waals surface area contributed by atoms with Gasteiger partial charge in [-0.15, -0.1) is 0 Å². The number of rotatable bonds is 8. The van der Waals surface area contributed by atoms with Crippen LogP contribution in [0.2, 0.25) is 0 Å². The van der Waals surface area contributed by atoms with Gasteiger partial charge >= 0.3 is 5.97 Å². The predicted molar refractivity (Wildman–Crippen MR) is 97.3 cm³/mol. The number of nitrogens with one attached hydrogen (secondary N) is 1. The molecule has 1 unspecified atom stereocenters. The van der Waals surface area contributed by atoms with E-state index in [2.05, 4.69) is 17.4 Å². The summed E-state index contributed by atoms with van der Waals surface area (Å²) in [5.74, 6) is -0.655. The first kappa shape index (κ1) is 18.0. The number of carboxylic acid groups (broad SMARTS) is 1. The SMILES string of the molecule is CCCC(CC1(C(=O)N[C@H]2C[C@@H]2c2ccccc2)CCCC1)C(=O)O. The van der Waals surface area contributed by atoms with Gasteiger partial charge in [0.15, 0.2) is 0 Å². The van der Waals surface area contributed by atoms with Crippen LogP contribution >= 0.6 is 0 Å². The van der Waals surface area contributed by atoms with E-state index in [0.29, 0.717) is 18.8 Å². The summed E-state index contributed by atoms with van der Waals surface area (Å²) in [5, 5.41) is 12.8. The molecular weight excluding hydrogens is 314 g/mol.